The van der Waals surface area contributed by atoms with E-state index in [4.69, 9.17) is 0 Å². The Balaban J connectivity index is 2.65. The van der Waals surface area contributed by atoms with Gasteiger partial charge in [-0.3, -0.25) is 0 Å². The second kappa shape index (κ2) is 10.8. The molecule has 0 saturated carbocycles. The lowest BCUT2D eigenvalue weighted by molar-refractivity contribution is 2.11. The lowest BCUT2D eigenvalue weighted by Gasteiger charge is -1.97. The van der Waals surface area contributed by atoms with E-state index in [0.29, 0.717) is 0 Å². The van der Waals surface area contributed by atoms with Crippen LogP contribution in [0, 0.1) is 0 Å². The molecule has 0 spiro atoms. The molecule has 0 fully saturated rings. The molecule has 62 valence electrons. The molecule has 0 aromatic rings. The van der Waals surface area contributed by atoms with Crippen molar-refractivity contribution >= 4 is 56.9 Å². The van der Waals surface area contributed by atoms with Gasteiger partial charge in [-0.05, 0) is 12.5 Å². The molecule has 0 heterocycles. The van der Waals surface area contributed by atoms with Crippen molar-refractivity contribution in [2.45, 2.75) is 0 Å². The number of hydrogen-bond acceptors (Lipinski definition) is 5. The van der Waals surface area contributed by atoms with Gasteiger partial charge in [-0.15, -0.1) is 23.5 Å². The summed E-state index contributed by atoms with van der Waals surface area (Å²) in [7, 11) is 3.77. The average molecular weight is 232 g/mol. The summed E-state index contributed by atoms with van der Waals surface area (Å²) >= 11 is 5.92. The molecular weight excluding hydrogens is 220 g/mol. The number of rotatable bonds is 7. The van der Waals surface area contributed by atoms with Crippen LogP contribution in [0.25, 0.3) is 0 Å². The molecule has 0 aromatic carbocycles. The molecule has 0 radical (unpaired) electrons. The molecule has 0 unspecified atom stereocenters. The Kier molecular flexibility index (Phi) is 12.6. The smallest absolute Gasteiger partial charge is 0.0504 e. The van der Waals surface area contributed by atoms with Crippen molar-refractivity contribution in [1.29, 1.82) is 0 Å². The predicted molar refractivity (Wildman–Crippen MR) is 64.4 cm³/mol. The normalized spacial score (nSPS) is 10.2. The molecule has 0 aromatic heterocycles. The van der Waals surface area contributed by atoms with Crippen molar-refractivity contribution in [1.82, 2.24) is 0 Å². The molecule has 0 aliphatic rings. The highest BCUT2D eigenvalue weighted by Gasteiger charge is 1.88. The molecule has 10 heavy (non-hydrogen) atoms. The summed E-state index contributed by atoms with van der Waals surface area (Å²) < 4.78 is 0. The van der Waals surface area contributed by atoms with E-state index < -0.39 is 0 Å². The Morgan fingerprint density at radius 3 is 2.20 bits per heavy atom. The van der Waals surface area contributed by atoms with Crippen LogP contribution in [0.3, 0.4) is 0 Å². The number of thioether (sulfide) groups is 3. The van der Waals surface area contributed by atoms with Crippen LogP contribution in [0.1, 0.15) is 0 Å². The van der Waals surface area contributed by atoms with E-state index >= 15 is 0 Å². The van der Waals surface area contributed by atoms with Gasteiger partial charge in [-0.2, -0.15) is 11.8 Å². The van der Waals surface area contributed by atoms with E-state index in [9.17, 15) is 0 Å². The lowest BCUT2D eigenvalue weighted by Crippen LogP contribution is -1.72. The van der Waals surface area contributed by atoms with Crippen molar-refractivity contribution in [2.75, 3.05) is 27.8 Å². The topological polar surface area (TPSA) is 0 Å². The zero-order valence-corrected chi connectivity index (χ0v) is 10.2. The Hall–Kier alpha value is 1.75. The third-order valence-electron chi connectivity index (χ3n) is 0.617. The summed E-state index contributed by atoms with van der Waals surface area (Å²) in [6.45, 7) is 0. The van der Waals surface area contributed by atoms with E-state index in [1.807, 2.05) is 56.9 Å². The van der Waals surface area contributed by atoms with Crippen LogP contribution < -0.4 is 0 Å². The second-order valence-electron chi connectivity index (χ2n) is 1.33. The SMILES string of the molecule is CSCSCSCSSC. The minimum Gasteiger partial charge on any atom is -0.154 e. The fourth-order valence-electron chi connectivity index (χ4n) is 0.292. The minimum absolute atomic E-state index is 1.22. The summed E-state index contributed by atoms with van der Waals surface area (Å²) in [5.74, 6) is 0. The third kappa shape index (κ3) is 9.75. The first kappa shape index (κ1) is 11.8. The van der Waals surface area contributed by atoms with Gasteiger partial charge in [-0.25, -0.2) is 0 Å². The van der Waals surface area contributed by atoms with Gasteiger partial charge in [0.25, 0.3) is 0 Å². The summed E-state index contributed by atoms with van der Waals surface area (Å²) in [5, 5.41) is 3.70. The van der Waals surface area contributed by atoms with Gasteiger partial charge in [0.15, 0.2) is 0 Å². The summed E-state index contributed by atoms with van der Waals surface area (Å²) in [6.07, 6.45) is 4.27. The van der Waals surface area contributed by atoms with Crippen LogP contribution in [0.15, 0.2) is 0 Å². The van der Waals surface area contributed by atoms with Crippen LogP contribution in [0.2, 0.25) is 0 Å². The molecule has 0 N–H and O–H groups in total. The quantitative estimate of drug-likeness (QED) is 0.372. The van der Waals surface area contributed by atoms with Crippen LogP contribution in [-0.2, 0) is 0 Å². The zero-order chi connectivity index (χ0) is 7.66. The number of hydrogen-bond donors (Lipinski definition) is 0. The Morgan fingerprint density at radius 1 is 0.900 bits per heavy atom. The van der Waals surface area contributed by atoms with E-state index in [1.54, 1.807) is 0 Å². The van der Waals surface area contributed by atoms with Crippen LogP contribution in [0.5, 0.6) is 0 Å². The Labute approximate surface area is 84.2 Å². The van der Waals surface area contributed by atoms with E-state index in [-0.39, 0.29) is 0 Å². The van der Waals surface area contributed by atoms with Crippen molar-refractivity contribution in [3.05, 3.63) is 0 Å². The Bertz CT molecular complexity index is 50.0. The molecule has 0 saturated heterocycles. The van der Waals surface area contributed by atoms with E-state index in [1.165, 1.54) is 15.3 Å². The minimum atomic E-state index is 1.22. The highest BCUT2D eigenvalue weighted by Crippen LogP contribution is 2.25. The molecule has 0 aliphatic carbocycles. The van der Waals surface area contributed by atoms with Crippen molar-refractivity contribution in [3.63, 3.8) is 0 Å². The maximum atomic E-state index is 2.15. The van der Waals surface area contributed by atoms with Crippen molar-refractivity contribution in [3.8, 4) is 0 Å². The molecule has 0 bridgehead atoms. The van der Waals surface area contributed by atoms with Gasteiger partial charge in [0.1, 0.15) is 0 Å². The fraction of sp³-hybridized carbons (Fsp3) is 1.00. The van der Waals surface area contributed by atoms with E-state index in [0.717, 1.165) is 0 Å². The summed E-state index contributed by atoms with van der Waals surface area (Å²) in [6, 6.07) is 0. The van der Waals surface area contributed by atoms with Gasteiger partial charge in [0.2, 0.25) is 0 Å². The highest BCUT2D eigenvalue weighted by molar-refractivity contribution is 8.78. The molecule has 0 amide bonds. The molecule has 0 aliphatic heterocycles. The molecule has 0 atom stereocenters. The first-order valence-corrected chi connectivity index (χ1v) is 9.15. The standard InChI is InChI=1S/C5H12S5/c1-6-3-8-4-9-5-10-7-2/h3-5H2,1-2H3. The van der Waals surface area contributed by atoms with Gasteiger partial charge in [-0.1, -0.05) is 21.6 Å². The molecular formula is C5H12S5. The maximum absolute atomic E-state index is 2.15. The van der Waals surface area contributed by atoms with Gasteiger partial charge < -0.3 is 0 Å². The second-order valence-corrected chi connectivity index (χ2v) is 7.83. The predicted octanol–water partition coefficient (Wildman–Crippen LogP) is 3.70. The van der Waals surface area contributed by atoms with Gasteiger partial charge >= 0.3 is 0 Å². The molecule has 0 rings (SSSR count). The Morgan fingerprint density at radius 2 is 1.60 bits per heavy atom. The molecule has 5 heteroatoms. The van der Waals surface area contributed by atoms with Crippen molar-refractivity contribution < 1.29 is 0 Å². The summed E-state index contributed by atoms with van der Waals surface area (Å²) in [4.78, 5) is 0. The fourth-order valence-corrected chi connectivity index (χ4v) is 5.34. The third-order valence-corrected chi connectivity index (χ3v) is 6.42. The van der Waals surface area contributed by atoms with Crippen LogP contribution in [-0.4, -0.2) is 27.8 Å². The van der Waals surface area contributed by atoms with Gasteiger partial charge in [0, 0.05) is 10.2 Å². The molecule has 0 nitrogen and oxygen atoms in total. The van der Waals surface area contributed by atoms with E-state index in [2.05, 4.69) is 12.5 Å². The summed E-state index contributed by atoms with van der Waals surface area (Å²) in [5.41, 5.74) is 0. The van der Waals surface area contributed by atoms with Crippen molar-refractivity contribution in [2.24, 2.45) is 0 Å². The van der Waals surface area contributed by atoms with Gasteiger partial charge in [0.05, 0.1) is 5.08 Å². The zero-order valence-electron chi connectivity index (χ0n) is 6.16. The lowest BCUT2D eigenvalue weighted by atomic mass is 11.8. The highest BCUT2D eigenvalue weighted by atomic mass is 33.1. The van der Waals surface area contributed by atoms with Crippen LogP contribution >= 0.6 is 56.9 Å². The first-order chi connectivity index (χ1) is 4.91. The largest absolute Gasteiger partial charge is 0.154 e. The van der Waals surface area contributed by atoms with Crippen LogP contribution in [0.4, 0.5) is 0 Å². The first-order valence-electron chi connectivity index (χ1n) is 2.72. The average Bonchev–Trinajstić information content (AvgIpc) is 1.97. The maximum Gasteiger partial charge on any atom is 0.0504 e. The monoisotopic (exact) mass is 232 g/mol.